The third-order valence-electron chi connectivity index (χ3n) is 2.11. The Morgan fingerprint density at radius 1 is 1.69 bits per heavy atom. The highest BCUT2D eigenvalue weighted by Crippen LogP contribution is 2.38. The molecule has 0 atom stereocenters. The Kier molecular flexibility index (Phi) is 1.86. The van der Waals surface area contributed by atoms with Gasteiger partial charge in [-0.2, -0.15) is 5.26 Å². The van der Waals surface area contributed by atoms with Crippen LogP contribution >= 0.6 is 11.3 Å². The van der Waals surface area contributed by atoms with Gasteiger partial charge in [-0.25, -0.2) is 4.98 Å². The fourth-order valence-corrected chi connectivity index (χ4v) is 2.49. The Morgan fingerprint density at radius 2 is 2.46 bits per heavy atom. The Hall–Kier alpha value is -0.920. The lowest BCUT2D eigenvalue weighted by Crippen LogP contribution is -2.15. The molecule has 2 rings (SSSR count). The first-order valence-electron chi connectivity index (χ1n) is 4.13. The molecule has 1 aromatic heterocycles. The van der Waals surface area contributed by atoms with E-state index in [0.717, 1.165) is 10.7 Å². The van der Waals surface area contributed by atoms with E-state index in [1.807, 2.05) is 13.8 Å². The van der Waals surface area contributed by atoms with Gasteiger partial charge in [0.2, 0.25) is 0 Å². The summed E-state index contributed by atoms with van der Waals surface area (Å²) in [5.74, 6) is 0. The Balaban J connectivity index is 2.38. The summed E-state index contributed by atoms with van der Waals surface area (Å²) in [7, 11) is 0. The minimum absolute atomic E-state index is 0.264. The summed E-state index contributed by atoms with van der Waals surface area (Å²) in [5, 5.41) is 9.43. The number of aromatic nitrogens is 1. The number of hydrogen-bond acceptors (Lipinski definition) is 4. The number of rotatable bonds is 1. The van der Waals surface area contributed by atoms with Crippen molar-refractivity contribution < 1.29 is 4.74 Å². The zero-order valence-electron chi connectivity index (χ0n) is 7.63. The van der Waals surface area contributed by atoms with Crippen molar-refractivity contribution in [3.8, 4) is 6.07 Å². The maximum absolute atomic E-state index is 8.53. The summed E-state index contributed by atoms with van der Waals surface area (Å²) in [6, 6.07) is 2.11. The SMILES string of the molecule is CC1(C)OCc2sc(CC#N)nc21. The van der Waals surface area contributed by atoms with Crippen molar-refractivity contribution in [2.24, 2.45) is 0 Å². The van der Waals surface area contributed by atoms with Crippen LogP contribution < -0.4 is 0 Å². The van der Waals surface area contributed by atoms with Gasteiger partial charge in [0.05, 0.1) is 29.7 Å². The van der Waals surface area contributed by atoms with Gasteiger partial charge in [0.1, 0.15) is 10.6 Å². The van der Waals surface area contributed by atoms with E-state index in [0.29, 0.717) is 13.0 Å². The molecule has 0 amide bonds. The third kappa shape index (κ3) is 1.34. The second kappa shape index (κ2) is 2.79. The minimum Gasteiger partial charge on any atom is -0.364 e. The number of nitrogens with zero attached hydrogens (tertiary/aromatic N) is 2. The number of ether oxygens (including phenoxy) is 1. The van der Waals surface area contributed by atoms with Crippen LogP contribution in [-0.2, 0) is 23.4 Å². The first-order valence-corrected chi connectivity index (χ1v) is 4.95. The highest BCUT2D eigenvalue weighted by molar-refractivity contribution is 7.11. The lowest BCUT2D eigenvalue weighted by Gasteiger charge is -2.15. The van der Waals surface area contributed by atoms with Gasteiger partial charge in [-0.15, -0.1) is 11.3 Å². The van der Waals surface area contributed by atoms with Crippen molar-refractivity contribution in [1.29, 1.82) is 5.26 Å². The molecule has 2 heterocycles. The predicted octanol–water partition coefficient (Wildman–Crippen LogP) is 1.97. The second-order valence-corrected chi connectivity index (χ2v) is 4.68. The van der Waals surface area contributed by atoms with Crippen LogP contribution in [0.25, 0.3) is 0 Å². The maximum Gasteiger partial charge on any atom is 0.107 e. The van der Waals surface area contributed by atoms with Crippen molar-refractivity contribution in [3.63, 3.8) is 0 Å². The number of thiazole rings is 1. The highest BCUT2D eigenvalue weighted by Gasteiger charge is 2.34. The molecule has 0 saturated heterocycles. The molecule has 68 valence electrons. The fraction of sp³-hybridized carbons (Fsp3) is 0.556. The molecule has 0 unspecified atom stereocenters. The van der Waals surface area contributed by atoms with Crippen molar-refractivity contribution in [2.45, 2.75) is 32.5 Å². The van der Waals surface area contributed by atoms with E-state index in [1.54, 1.807) is 11.3 Å². The summed E-state index contributed by atoms with van der Waals surface area (Å²) in [6.45, 7) is 4.66. The molecule has 4 heteroatoms. The normalized spacial score (nSPS) is 18.2. The summed E-state index contributed by atoms with van der Waals surface area (Å²) in [6.07, 6.45) is 0.410. The van der Waals surface area contributed by atoms with Gasteiger partial charge in [-0.3, -0.25) is 0 Å². The molecule has 0 spiro atoms. The molecule has 1 aliphatic rings. The predicted molar refractivity (Wildman–Crippen MR) is 49.2 cm³/mol. The van der Waals surface area contributed by atoms with Crippen molar-refractivity contribution in [1.82, 2.24) is 4.98 Å². The summed E-state index contributed by atoms with van der Waals surface area (Å²) >= 11 is 1.59. The van der Waals surface area contributed by atoms with Crippen LogP contribution in [0, 0.1) is 11.3 Å². The van der Waals surface area contributed by atoms with Crippen LogP contribution in [-0.4, -0.2) is 4.98 Å². The average Bonchev–Trinajstić information content (AvgIpc) is 2.55. The zero-order valence-corrected chi connectivity index (χ0v) is 8.44. The van der Waals surface area contributed by atoms with Crippen LogP contribution in [0.5, 0.6) is 0 Å². The van der Waals surface area contributed by atoms with E-state index in [-0.39, 0.29) is 5.60 Å². The average molecular weight is 194 g/mol. The molecule has 3 nitrogen and oxygen atoms in total. The topological polar surface area (TPSA) is 45.9 Å². The molecule has 0 bridgehead atoms. The van der Waals surface area contributed by atoms with Crippen LogP contribution in [0.3, 0.4) is 0 Å². The van der Waals surface area contributed by atoms with Crippen molar-refractivity contribution in [3.05, 3.63) is 15.6 Å². The van der Waals surface area contributed by atoms with Gasteiger partial charge in [-0.05, 0) is 13.8 Å². The van der Waals surface area contributed by atoms with E-state index in [9.17, 15) is 0 Å². The number of nitriles is 1. The summed E-state index contributed by atoms with van der Waals surface area (Å²) in [5.41, 5.74) is 0.752. The maximum atomic E-state index is 8.53. The van der Waals surface area contributed by atoms with Crippen LogP contribution in [0.2, 0.25) is 0 Å². The molecular formula is C9H10N2OS. The largest absolute Gasteiger partial charge is 0.364 e. The Labute approximate surface area is 81.0 Å². The van der Waals surface area contributed by atoms with Crippen molar-refractivity contribution in [2.75, 3.05) is 0 Å². The van der Waals surface area contributed by atoms with Gasteiger partial charge in [0, 0.05) is 0 Å². The van der Waals surface area contributed by atoms with E-state index in [4.69, 9.17) is 10.00 Å². The van der Waals surface area contributed by atoms with E-state index >= 15 is 0 Å². The molecule has 0 radical (unpaired) electrons. The van der Waals surface area contributed by atoms with Gasteiger partial charge in [-0.1, -0.05) is 0 Å². The highest BCUT2D eigenvalue weighted by atomic mass is 32.1. The molecular weight excluding hydrogens is 184 g/mol. The summed E-state index contributed by atoms with van der Waals surface area (Å²) in [4.78, 5) is 5.58. The van der Waals surface area contributed by atoms with Gasteiger partial charge in [0.15, 0.2) is 0 Å². The number of hydrogen-bond donors (Lipinski definition) is 0. The van der Waals surface area contributed by atoms with E-state index in [1.165, 1.54) is 4.88 Å². The van der Waals surface area contributed by atoms with E-state index < -0.39 is 0 Å². The molecule has 0 fully saturated rings. The molecule has 0 N–H and O–H groups in total. The molecule has 0 aromatic carbocycles. The monoisotopic (exact) mass is 194 g/mol. The number of fused-ring (bicyclic) bond motifs is 1. The first kappa shape index (κ1) is 8.67. The smallest absolute Gasteiger partial charge is 0.107 e. The van der Waals surface area contributed by atoms with Gasteiger partial charge >= 0.3 is 0 Å². The lowest BCUT2D eigenvalue weighted by molar-refractivity contribution is -0.00998. The fourth-order valence-electron chi connectivity index (χ4n) is 1.43. The van der Waals surface area contributed by atoms with E-state index in [2.05, 4.69) is 11.1 Å². The Morgan fingerprint density at radius 3 is 3.08 bits per heavy atom. The quantitative estimate of drug-likeness (QED) is 0.686. The molecule has 0 saturated carbocycles. The minimum atomic E-state index is -0.264. The zero-order chi connectivity index (χ0) is 9.47. The molecule has 0 aliphatic carbocycles. The lowest BCUT2D eigenvalue weighted by atomic mass is 10.1. The van der Waals surface area contributed by atoms with Crippen LogP contribution in [0.15, 0.2) is 0 Å². The molecule has 1 aliphatic heterocycles. The van der Waals surface area contributed by atoms with Crippen molar-refractivity contribution >= 4 is 11.3 Å². The Bertz CT molecular complexity index is 375. The third-order valence-corrected chi connectivity index (χ3v) is 3.14. The second-order valence-electron chi connectivity index (χ2n) is 3.51. The van der Waals surface area contributed by atoms with Gasteiger partial charge in [0.25, 0.3) is 0 Å². The first-order chi connectivity index (χ1) is 6.13. The standard InChI is InChI=1S/C9H10N2OS/c1-9(2)8-6(5-12-9)13-7(11-8)3-4-10/h3,5H2,1-2H3. The molecule has 1 aromatic rings. The summed E-state index contributed by atoms with van der Waals surface area (Å²) < 4.78 is 5.55. The van der Waals surface area contributed by atoms with Gasteiger partial charge < -0.3 is 4.74 Å². The molecule has 13 heavy (non-hydrogen) atoms. The van der Waals surface area contributed by atoms with Crippen LogP contribution in [0.4, 0.5) is 0 Å². The van der Waals surface area contributed by atoms with Crippen LogP contribution in [0.1, 0.15) is 29.4 Å².